The number of carbonyl (C=O) groups excluding carboxylic acids is 2. The zero-order chi connectivity index (χ0) is 57.3. The van der Waals surface area contributed by atoms with E-state index in [1.165, 1.54) is 250 Å². The lowest BCUT2D eigenvalue weighted by Crippen LogP contribution is -2.60. The monoisotopic (exact) mass is 1120 g/mol. The lowest BCUT2D eigenvalue weighted by atomic mass is 9.99. The maximum Gasteiger partial charge on any atom is 0.305 e. The van der Waals surface area contributed by atoms with Crippen LogP contribution in [-0.4, -0.2) is 100 Å². The first-order valence-corrected chi connectivity index (χ1v) is 34.1. The third kappa shape index (κ3) is 47.2. The molecular weight excluding hydrogens is 991 g/mol. The van der Waals surface area contributed by atoms with Crippen molar-refractivity contribution in [3.8, 4) is 0 Å². The van der Waals surface area contributed by atoms with Gasteiger partial charge >= 0.3 is 5.97 Å². The van der Waals surface area contributed by atoms with Gasteiger partial charge in [0.25, 0.3) is 0 Å². The van der Waals surface area contributed by atoms with Gasteiger partial charge in [-0.15, -0.1) is 0 Å². The van der Waals surface area contributed by atoms with Gasteiger partial charge in [-0.2, -0.15) is 0 Å². The lowest BCUT2D eigenvalue weighted by Gasteiger charge is -2.40. The van der Waals surface area contributed by atoms with Gasteiger partial charge < -0.3 is 45.1 Å². The number of aliphatic hydroxyl groups excluding tert-OH is 5. The quantitative estimate of drug-likeness (QED) is 0.0195. The molecule has 0 aliphatic carbocycles. The van der Waals surface area contributed by atoms with Crippen LogP contribution in [0.1, 0.15) is 335 Å². The summed E-state index contributed by atoms with van der Waals surface area (Å²) in [6.45, 7) is 4.37. The van der Waals surface area contributed by atoms with Gasteiger partial charge in [0.15, 0.2) is 6.29 Å². The third-order valence-electron chi connectivity index (χ3n) is 16.3. The Hall–Kier alpha value is -1.86. The largest absolute Gasteiger partial charge is 0.466 e. The number of esters is 1. The molecule has 1 fully saturated rings. The molecule has 1 amide bonds. The Kier molecular flexibility index (Phi) is 55.1. The second kappa shape index (κ2) is 57.9. The highest BCUT2D eigenvalue weighted by atomic mass is 16.7. The summed E-state index contributed by atoms with van der Waals surface area (Å²) in [6.07, 6.45) is 61.4. The minimum absolute atomic E-state index is 0.00310. The summed E-state index contributed by atoms with van der Waals surface area (Å²) in [6, 6.07) is -0.812. The fourth-order valence-corrected chi connectivity index (χ4v) is 10.9. The summed E-state index contributed by atoms with van der Waals surface area (Å²) in [4.78, 5) is 25.1. The molecule has 1 heterocycles. The van der Waals surface area contributed by atoms with Crippen molar-refractivity contribution in [2.24, 2.45) is 0 Å². The molecule has 0 saturated carbocycles. The molecule has 11 nitrogen and oxygen atoms in total. The van der Waals surface area contributed by atoms with Crippen LogP contribution in [0.3, 0.4) is 0 Å². The summed E-state index contributed by atoms with van der Waals surface area (Å²) in [5, 5.41) is 54.5. The first-order valence-electron chi connectivity index (χ1n) is 34.1. The van der Waals surface area contributed by atoms with Crippen molar-refractivity contribution >= 4 is 11.9 Å². The molecule has 0 spiro atoms. The van der Waals surface area contributed by atoms with Crippen LogP contribution < -0.4 is 5.32 Å². The maximum atomic E-state index is 13.1. The highest BCUT2D eigenvalue weighted by Crippen LogP contribution is 2.23. The molecule has 7 unspecified atom stereocenters. The first-order chi connectivity index (χ1) is 38.7. The van der Waals surface area contributed by atoms with Crippen molar-refractivity contribution in [2.75, 3.05) is 19.8 Å². The minimum atomic E-state index is -1.57. The maximum absolute atomic E-state index is 13.1. The van der Waals surface area contributed by atoms with Crippen LogP contribution in [0.2, 0.25) is 0 Å². The number of aliphatic hydroxyl groups is 5. The number of hydrogen-bond donors (Lipinski definition) is 6. The van der Waals surface area contributed by atoms with Crippen LogP contribution in [0.25, 0.3) is 0 Å². The fraction of sp³-hybridized carbons (Fsp3) is 0.912. The van der Waals surface area contributed by atoms with E-state index in [0.29, 0.717) is 19.4 Å². The highest BCUT2D eigenvalue weighted by molar-refractivity contribution is 5.76. The van der Waals surface area contributed by atoms with Crippen LogP contribution in [0.15, 0.2) is 24.3 Å². The molecule has 7 atom stereocenters. The predicted molar refractivity (Wildman–Crippen MR) is 329 cm³/mol. The van der Waals surface area contributed by atoms with Crippen LogP contribution in [-0.2, 0) is 23.8 Å². The standard InChI is InChI=1S/C68H129NO10/c1-3-5-7-9-11-13-15-16-28-31-35-38-42-46-50-54-61(71)60(59-78-68-67(76)66(75)65(74)62(58-70)79-68)69-63(72)55-51-47-43-39-36-32-29-26-24-22-20-18-17-19-21-23-25-27-30-33-37-41-45-49-53-57-77-64(73)56-52-48-44-40-34-14-12-10-8-6-4-2/h18,20,50,54,60-62,65-68,70-71,74-76H,3-17,19,21-49,51-53,55-59H2,1-2H3,(H,69,72)/b20-18-,54-50+. The fourth-order valence-electron chi connectivity index (χ4n) is 10.9. The van der Waals surface area contributed by atoms with E-state index in [1.807, 2.05) is 6.08 Å². The smallest absolute Gasteiger partial charge is 0.305 e. The Morgan fingerprint density at radius 3 is 1.22 bits per heavy atom. The average Bonchev–Trinajstić information content (AvgIpc) is 3.50. The predicted octanol–water partition coefficient (Wildman–Crippen LogP) is 16.8. The van der Waals surface area contributed by atoms with Crippen molar-refractivity contribution in [1.29, 1.82) is 0 Å². The number of carbonyl (C=O) groups is 2. The van der Waals surface area contributed by atoms with Gasteiger partial charge in [-0.3, -0.25) is 9.59 Å². The van der Waals surface area contributed by atoms with Crippen LogP contribution in [0.5, 0.6) is 0 Å². The van der Waals surface area contributed by atoms with Crippen molar-refractivity contribution < 1.29 is 49.3 Å². The Balaban J connectivity index is 2.04. The topological polar surface area (TPSA) is 175 Å². The molecule has 0 aromatic rings. The molecule has 0 radical (unpaired) electrons. The Bertz CT molecular complexity index is 1360. The number of amides is 1. The van der Waals surface area contributed by atoms with E-state index in [0.717, 1.165) is 57.8 Å². The molecule has 6 N–H and O–H groups in total. The number of unbranched alkanes of at least 4 members (excludes halogenated alkanes) is 44. The molecule has 0 bridgehead atoms. The average molecular weight is 1120 g/mol. The van der Waals surface area contributed by atoms with Gasteiger partial charge in [0, 0.05) is 12.8 Å². The SMILES string of the molecule is CCCCCCCCCCCCCCC/C=C/C(O)C(COC1OC(CO)C(O)C(O)C1O)NC(=O)CCCCCCCCCCC/C=C\CCCCCCCCCCCCCCOC(=O)CCCCCCCCCCCCC. The third-order valence-corrected chi connectivity index (χ3v) is 16.3. The molecule has 1 aliphatic rings. The summed E-state index contributed by atoms with van der Waals surface area (Å²) >= 11 is 0. The van der Waals surface area contributed by atoms with Crippen molar-refractivity contribution in [1.82, 2.24) is 5.32 Å². The molecule has 1 rings (SSSR count). The Morgan fingerprint density at radius 2 is 0.810 bits per heavy atom. The number of rotatable bonds is 60. The van der Waals surface area contributed by atoms with E-state index in [9.17, 15) is 35.1 Å². The number of nitrogens with one attached hydrogen (secondary N) is 1. The molecule has 0 aromatic carbocycles. The molecule has 11 heteroatoms. The summed E-state index contributed by atoms with van der Waals surface area (Å²) < 4.78 is 16.7. The van der Waals surface area contributed by atoms with E-state index in [1.54, 1.807) is 6.08 Å². The Morgan fingerprint density at radius 1 is 0.456 bits per heavy atom. The molecular formula is C68H129NO10. The lowest BCUT2D eigenvalue weighted by molar-refractivity contribution is -0.302. The summed E-state index contributed by atoms with van der Waals surface area (Å²) in [7, 11) is 0. The zero-order valence-corrected chi connectivity index (χ0v) is 51.6. The van der Waals surface area contributed by atoms with Crippen molar-refractivity contribution in [2.45, 2.75) is 378 Å². The zero-order valence-electron chi connectivity index (χ0n) is 51.6. The van der Waals surface area contributed by atoms with E-state index in [-0.39, 0.29) is 18.5 Å². The second-order valence-corrected chi connectivity index (χ2v) is 23.9. The second-order valence-electron chi connectivity index (χ2n) is 23.9. The van der Waals surface area contributed by atoms with Gasteiger partial charge in [-0.25, -0.2) is 0 Å². The van der Waals surface area contributed by atoms with E-state index in [4.69, 9.17) is 14.2 Å². The molecule has 466 valence electrons. The Labute approximate surface area is 486 Å². The normalized spacial score (nSPS) is 18.5. The van der Waals surface area contributed by atoms with Gasteiger partial charge in [-0.1, -0.05) is 289 Å². The van der Waals surface area contributed by atoms with Gasteiger partial charge in [0.1, 0.15) is 24.4 Å². The van der Waals surface area contributed by atoms with Crippen LogP contribution in [0.4, 0.5) is 0 Å². The minimum Gasteiger partial charge on any atom is -0.466 e. The summed E-state index contributed by atoms with van der Waals surface area (Å²) in [5.74, 6) is -0.179. The van der Waals surface area contributed by atoms with E-state index < -0.39 is 49.5 Å². The molecule has 1 aliphatic heterocycles. The molecule has 79 heavy (non-hydrogen) atoms. The number of allylic oxidation sites excluding steroid dienone is 3. The number of hydrogen-bond acceptors (Lipinski definition) is 10. The van der Waals surface area contributed by atoms with Crippen LogP contribution in [0, 0.1) is 0 Å². The van der Waals surface area contributed by atoms with Gasteiger partial charge in [0.2, 0.25) is 5.91 Å². The van der Waals surface area contributed by atoms with Gasteiger partial charge in [0.05, 0.1) is 32.0 Å². The van der Waals surface area contributed by atoms with E-state index >= 15 is 0 Å². The summed E-state index contributed by atoms with van der Waals surface area (Å²) in [5.41, 5.74) is 0. The molecule has 1 saturated heterocycles. The van der Waals surface area contributed by atoms with Gasteiger partial charge in [-0.05, 0) is 57.8 Å². The van der Waals surface area contributed by atoms with Crippen LogP contribution >= 0.6 is 0 Å². The van der Waals surface area contributed by atoms with E-state index in [2.05, 4.69) is 31.3 Å². The first kappa shape index (κ1) is 75.2. The van der Waals surface area contributed by atoms with Crippen molar-refractivity contribution in [3.63, 3.8) is 0 Å². The highest BCUT2D eigenvalue weighted by Gasteiger charge is 2.44. The molecule has 0 aromatic heterocycles. The van der Waals surface area contributed by atoms with Crippen molar-refractivity contribution in [3.05, 3.63) is 24.3 Å². The number of ether oxygens (including phenoxy) is 3.